The highest BCUT2D eigenvalue weighted by atomic mass is 35.5. The molecule has 2 heterocycles. The van der Waals surface area contributed by atoms with Gasteiger partial charge in [0.25, 0.3) is 0 Å². The average Bonchev–Trinajstić information content (AvgIpc) is 2.34. The monoisotopic (exact) mass is 248 g/mol. The van der Waals surface area contributed by atoms with E-state index in [9.17, 15) is 0 Å². The van der Waals surface area contributed by atoms with E-state index in [0.29, 0.717) is 10.7 Å². The predicted molar refractivity (Wildman–Crippen MR) is 68.8 cm³/mol. The third-order valence-electron chi connectivity index (χ3n) is 2.55. The first-order chi connectivity index (χ1) is 8.24. The van der Waals surface area contributed by atoms with Gasteiger partial charge < -0.3 is 11.1 Å². The topological polar surface area (TPSA) is 63.8 Å². The molecular formula is C12H13ClN4. The summed E-state index contributed by atoms with van der Waals surface area (Å²) in [6.45, 7) is 0. The van der Waals surface area contributed by atoms with Crippen LogP contribution in [0.5, 0.6) is 0 Å². The van der Waals surface area contributed by atoms with Gasteiger partial charge in [-0.3, -0.25) is 9.97 Å². The number of nitrogen functional groups attached to an aromatic ring is 1. The summed E-state index contributed by atoms with van der Waals surface area (Å²) >= 11 is 6.14. The van der Waals surface area contributed by atoms with E-state index >= 15 is 0 Å². The summed E-state index contributed by atoms with van der Waals surface area (Å²) in [5.74, 6) is 0. The van der Waals surface area contributed by atoms with E-state index in [4.69, 9.17) is 17.3 Å². The molecule has 0 aliphatic heterocycles. The molecule has 0 aliphatic carbocycles. The van der Waals surface area contributed by atoms with Crippen LogP contribution in [0.1, 0.15) is 17.3 Å². The van der Waals surface area contributed by atoms with Crippen molar-refractivity contribution in [1.29, 1.82) is 0 Å². The van der Waals surface area contributed by atoms with Gasteiger partial charge in [-0.15, -0.1) is 0 Å². The van der Waals surface area contributed by atoms with E-state index in [2.05, 4.69) is 15.3 Å². The summed E-state index contributed by atoms with van der Waals surface area (Å²) in [6.07, 6.45) is 5.09. The second-order valence-electron chi connectivity index (χ2n) is 3.60. The van der Waals surface area contributed by atoms with Gasteiger partial charge in [0.15, 0.2) is 0 Å². The van der Waals surface area contributed by atoms with E-state index in [1.165, 1.54) is 0 Å². The number of nitrogens with zero attached hydrogens (tertiary/aromatic N) is 2. The van der Waals surface area contributed by atoms with Crippen molar-refractivity contribution in [2.45, 2.75) is 6.04 Å². The molecular weight excluding hydrogens is 236 g/mol. The van der Waals surface area contributed by atoms with Crippen LogP contribution >= 0.6 is 11.6 Å². The number of halogens is 1. The standard InChI is InChI=1S/C12H13ClN4/c1-15-11(8-7-16-6-4-10(8)14)12-9(13)3-2-5-17-12/h2-7,11,15H,1H3,(H2,14,16). The lowest BCUT2D eigenvalue weighted by Gasteiger charge is -2.18. The molecule has 2 aromatic heterocycles. The SMILES string of the molecule is CNC(c1cnccc1N)c1ncccc1Cl. The highest BCUT2D eigenvalue weighted by Crippen LogP contribution is 2.28. The number of hydrogen-bond acceptors (Lipinski definition) is 4. The maximum atomic E-state index is 6.14. The van der Waals surface area contributed by atoms with Gasteiger partial charge >= 0.3 is 0 Å². The van der Waals surface area contributed by atoms with Crippen LogP contribution in [0.15, 0.2) is 36.8 Å². The molecule has 0 saturated heterocycles. The van der Waals surface area contributed by atoms with E-state index in [0.717, 1.165) is 11.3 Å². The zero-order chi connectivity index (χ0) is 12.3. The third kappa shape index (κ3) is 2.38. The van der Waals surface area contributed by atoms with Crippen molar-refractivity contribution in [2.75, 3.05) is 12.8 Å². The minimum Gasteiger partial charge on any atom is -0.398 e. The first-order valence-corrected chi connectivity index (χ1v) is 5.59. The fourth-order valence-electron chi connectivity index (χ4n) is 1.71. The fourth-order valence-corrected chi connectivity index (χ4v) is 1.94. The quantitative estimate of drug-likeness (QED) is 0.872. The summed E-state index contributed by atoms with van der Waals surface area (Å²) in [5, 5.41) is 3.76. The molecule has 2 aromatic rings. The maximum Gasteiger partial charge on any atom is 0.0805 e. The molecule has 0 spiro atoms. The lowest BCUT2D eigenvalue weighted by molar-refractivity contribution is 0.670. The number of anilines is 1. The van der Waals surface area contributed by atoms with Gasteiger partial charge in [-0.25, -0.2) is 0 Å². The molecule has 0 amide bonds. The van der Waals surface area contributed by atoms with Crippen molar-refractivity contribution < 1.29 is 0 Å². The summed E-state index contributed by atoms with van der Waals surface area (Å²) in [5.41, 5.74) is 8.22. The number of nitrogens with two attached hydrogens (primary N) is 1. The van der Waals surface area contributed by atoms with Gasteiger partial charge in [-0.2, -0.15) is 0 Å². The fraction of sp³-hybridized carbons (Fsp3) is 0.167. The first-order valence-electron chi connectivity index (χ1n) is 5.21. The molecule has 0 saturated carbocycles. The molecule has 3 N–H and O–H groups in total. The van der Waals surface area contributed by atoms with Crippen molar-refractivity contribution in [3.63, 3.8) is 0 Å². The molecule has 88 valence electrons. The molecule has 0 radical (unpaired) electrons. The molecule has 5 heteroatoms. The molecule has 4 nitrogen and oxygen atoms in total. The smallest absolute Gasteiger partial charge is 0.0805 e. The van der Waals surface area contributed by atoms with Gasteiger partial charge in [-0.1, -0.05) is 11.6 Å². The Bertz CT molecular complexity index is 470. The molecule has 1 unspecified atom stereocenters. The van der Waals surface area contributed by atoms with Crippen molar-refractivity contribution in [2.24, 2.45) is 0 Å². The minimum atomic E-state index is -0.155. The zero-order valence-electron chi connectivity index (χ0n) is 9.39. The number of rotatable bonds is 3. The Morgan fingerprint density at radius 3 is 2.82 bits per heavy atom. The highest BCUT2D eigenvalue weighted by molar-refractivity contribution is 6.31. The average molecular weight is 249 g/mol. The van der Waals surface area contributed by atoms with Crippen LogP contribution in [0.2, 0.25) is 5.02 Å². The zero-order valence-corrected chi connectivity index (χ0v) is 10.1. The van der Waals surface area contributed by atoms with Crippen LogP contribution < -0.4 is 11.1 Å². The van der Waals surface area contributed by atoms with Crippen molar-refractivity contribution >= 4 is 17.3 Å². The number of hydrogen-bond donors (Lipinski definition) is 2. The normalized spacial score (nSPS) is 12.4. The van der Waals surface area contributed by atoms with Crippen LogP contribution in [-0.2, 0) is 0 Å². The molecule has 0 fully saturated rings. The lowest BCUT2D eigenvalue weighted by atomic mass is 10.0. The van der Waals surface area contributed by atoms with E-state index in [1.807, 2.05) is 7.05 Å². The second kappa shape index (κ2) is 5.12. The van der Waals surface area contributed by atoms with Gasteiger partial charge in [0.05, 0.1) is 16.8 Å². The molecule has 2 rings (SSSR count). The molecule has 1 atom stereocenters. The van der Waals surface area contributed by atoms with Crippen LogP contribution in [0.4, 0.5) is 5.69 Å². The minimum absolute atomic E-state index is 0.155. The number of pyridine rings is 2. The summed E-state index contributed by atoms with van der Waals surface area (Å²) < 4.78 is 0. The lowest BCUT2D eigenvalue weighted by Crippen LogP contribution is -2.20. The summed E-state index contributed by atoms with van der Waals surface area (Å²) in [4.78, 5) is 8.37. The molecule has 17 heavy (non-hydrogen) atoms. The van der Waals surface area contributed by atoms with Crippen molar-refractivity contribution in [3.8, 4) is 0 Å². The van der Waals surface area contributed by atoms with Gasteiger partial charge in [0.2, 0.25) is 0 Å². The van der Waals surface area contributed by atoms with Crippen molar-refractivity contribution in [1.82, 2.24) is 15.3 Å². The van der Waals surface area contributed by atoms with Crippen LogP contribution in [0.3, 0.4) is 0 Å². The molecule has 0 aromatic carbocycles. The van der Waals surface area contributed by atoms with Gasteiger partial charge in [-0.05, 0) is 25.2 Å². The predicted octanol–water partition coefficient (Wildman–Crippen LogP) is 2.02. The van der Waals surface area contributed by atoms with Gasteiger partial charge in [0, 0.05) is 29.8 Å². The van der Waals surface area contributed by atoms with E-state index in [-0.39, 0.29) is 6.04 Å². The number of aromatic nitrogens is 2. The summed E-state index contributed by atoms with van der Waals surface area (Å²) in [7, 11) is 1.84. The highest BCUT2D eigenvalue weighted by Gasteiger charge is 2.18. The second-order valence-corrected chi connectivity index (χ2v) is 4.00. The van der Waals surface area contributed by atoms with Crippen LogP contribution in [0.25, 0.3) is 0 Å². The van der Waals surface area contributed by atoms with E-state index in [1.54, 1.807) is 36.8 Å². The van der Waals surface area contributed by atoms with Crippen molar-refractivity contribution in [3.05, 3.63) is 53.1 Å². The molecule has 0 aliphatic rings. The first kappa shape index (κ1) is 11.8. The molecule has 0 bridgehead atoms. The summed E-state index contributed by atoms with van der Waals surface area (Å²) in [6, 6.07) is 5.21. The Labute approximate surface area is 105 Å². The maximum absolute atomic E-state index is 6.14. The number of nitrogens with one attached hydrogen (secondary N) is 1. The largest absolute Gasteiger partial charge is 0.398 e. The Kier molecular flexibility index (Phi) is 3.56. The Morgan fingerprint density at radius 1 is 1.35 bits per heavy atom. The Hall–Kier alpha value is -1.65. The van der Waals surface area contributed by atoms with E-state index < -0.39 is 0 Å². The van der Waals surface area contributed by atoms with Crippen LogP contribution in [0, 0.1) is 0 Å². The van der Waals surface area contributed by atoms with Crippen LogP contribution in [-0.4, -0.2) is 17.0 Å². The Balaban J connectivity index is 2.48. The van der Waals surface area contributed by atoms with Gasteiger partial charge in [0.1, 0.15) is 0 Å². The Morgan fingerprint density at radius 2 is 2.18 bits per heavy atom. The third-order valence-corrected chi connectivity index (χ3v) is 2.87.